The maximum atomic E-state index is 2.56. The number of benzene rings is 9. The average molecular weight is 768 g/mol. The van der Waals surface area contributed by atoms with Gasteiger partial charge in [-0.2, -0.15) is 0 Å². The Hall–Kier alpha value is -7.00. The lowest BCUT2D eigenvalue weighted by molar-refractivity contribution is 0.660. The quantitative estimate of drug-likeness (QED) is 0.158. The summed E-state index contributed by atoms with van der Waals surface area (Å²) < 4.78 is 0. The van der Waals surface area contributed by atoms with Gasteiger partial charge in [-0.3, -0.25) is 0 Å². The Morgan fingerprint density at radius 3 is 1.42 bits per heavy atom. The molecular formula is C57H41NSi. The van der Waals surface area contributed by atoms with Crippen LogP contribution < -0.4 is 25.6 Å². The number of fused-ring (bicyclic) bond motifs is 13. The SMILES string of the molecule is CC1(C)c2ccccc2-c2cc(N(c3cccc(-c4ccc(-c5ccccc5)cc4)c3)c3ccc4c(c3)[Si]3(c5ccccc5-c5ccccc53)c3ccccc3-4)ccc21. The molecule has 1 spiro atoms. The van der Waals surface area contributed by atoms with E-state index in [0.717, 1.165) is 11.4 Å². The van der Waals surface area contributed by atoms with Gasteiger partial charge in [0.15, 0.2) is 8.07 Å². The van der Waals surface area contributed by atoms with Gasteiger partial charge in [0, 0.05) is 22.5 Å². The van der Waals surface area contributed by atoms with Crippen LogP contribution in [0.4, 0.5) is 17.1 Å². The van der Waals surface area contributed by atoms with E-state index < -0.39 is 8.07 Å². The van der Waals surface area contributed by atoms with Gasteiger partial charge in [-0.1, -0.05) is 190 Å². The highest BCUT2D eigenvalue weighted by Crippen LogP contribution is 2.51. The van der Waals surface area contributed by atoms with Crippen molar-refractivity contribution in [1.82, 2.24) is 0 Å². The fraction of sp³-hybridized carbons (Fsp3) is 0.0526. The molecule has 2 heteroatoms. The predicted octanol–water partition coefficient (Wildman–Crippen LogP) is 12.1. The van der Waals surface area contributed by atoms with Crippen LogP contribution in [-0.4, -0.2) is 8.07 Å². The van der Waals surface area contributed by atoms with Crippen LogP contribution in [-0.2, 0) is 5.41 Å². The summed E-state index contributed by atoms with van der Waals surface area (Å²) in [5.41, 5.74) is 19.2. The summed E-state index contributed by atoms with van der Waals surface area (Å²) in [6.45, 7) is 4.72. The molecule has 0 aromatic heterocycles. The Labute approximate surface area is 347 Å². The van der Waals surface area contributed by atoms with Gasteiger partial charge in [-0.15, -0.1) is 0 Å². The van der Waals surface area contributed by atoms with E-state index in [1.807, 2.05) is 0 Å². The van der Waals surface area contributed by atoms with Crippen molar-refractivity contribution < 1.29 is 0 Å². The van der Waals surface area contributed by atoms with Gasteiger partial charge < -0.3 is 4.90 Å². The van der Waals surface area contributed by atoms with Crippen LogP contribution in [0.15, 0.2) is 212 Å². The molecule has 12 rings (SSSR count). The number of hydrogen-bond acceptors (Lipinski definition) is 1. The molecule has 0 unspecified atom stereocenters. The molecule has 0 fully saturated rings. The molecule has 0 radical (unpaired) electrons. The normalized spacial score (nSPS) is 14.2. The number of hydrogen-bond donors (Lipinski definition) is 0. The highest BCUT2D eigenvalue weighted by Gasteiger charge is 2.54. The lowest BCUT2D eigenvalue weighted by Crippen LogP contribution is -2.70. The van der Waals surface area contributed by atoms with E-state index in [-0.39, 0.29) is 5.41 Å². The van der Waals surface area contributed by atoms with Crippen LogP contribution in [0.1, 0.15) is 25.0 Å². The molecule has 0 bridgehead atoms. The first-order valence-corrected chi connectivity index (χ1v) is 22.8. The molecule has 9 aromatic rings. The van der Waals surface area contributed by atoms with E-state index in [1.165, 1.54) is 93.2 Å². The second kappa shape index (κ2) is 12.7. The van der Waals surface area contributed by atoms with Crippen molar-refractivity contribution >= 4 is 45.9 Å². The third-order valence-electron chi connectivity index (χ3n) is 13.5. The second-order valence-electron chi connectivity index (χ2n) is 16.8. The minimum absolute atomic E-state index is 0.0678. The molecule has 0 saturated heterocycles. The van der Waals surface area contributed by atoms with E-state index in [9.17, 15) is 0 Å². The van der Waals surface area contributed by atoms with Crippen molar-refractivity contribution in [3.63, 3.8) is 0 Å². The van der Waals surface area contributed by atoms with E-state index >= 15 is 0 Å². The zero-order valence-electron chi connectivity index (χ0n) is 33.2. The summed E-state index contributed by atoms with van der Waals surface area (Å²) in [6, 6.07) is 79.9. The van der Waals surface area contributed by atoms with Crippen molar-refractivity contribution in [3.8, 4) is 55.6 Å². The number of rotatable bonds is 5. The fourth-order valence-corrected chi connectivity index (χ4v) is 16.5. The Kier molecular flexibility index (Phi) is 7.36. The molecule has 0 N–H and O–H groups in total. The van der Waals surface area contributed by atoms with E-state index in [1.54, 1.807) is 0 Å². The lowest BCUT2D eigenvalue weighted by Gasteiger charge is -2.31. The molecule has 0 amide bonds. The molecular weight excluding hydrogens is 727 g/mol. The van der Waals surface area contributed by atoms with Crippen LogP contribution in [0.5, 0.6) is 0 Å². The molecule has 59 heavy (non-hydrogen) atoms. The van der Waals surface area contributed by atoms with Crippen molar-refractivity contribution in [2.45, 2.75) is 19.3 Å². The van der Waals surface area contributed by atoms with Gasteiger partial charge in [0.05, 0.1) is 0 Å². The standard InChI is InChI=1S/C57H41NSi/c1-57(2)51-23-10-6-19-45(51)50-36-43(32-34-52(50)57)58(42-18-14-17-41(35-42)40-29-27-39(28-30-40)38-15-4-3-5-16-38)44-31-33-49-48-22-9-13-26-55(48)59(56(49)37-44)53-24-11-7-20-46(53)47-21-8-12-25-54(47)59/h3-37H,1-2H3. The highest BCUT2D eigenvalue weighted by molar-refractivity contribution is 7.24. The van der Waals surface area contributed by atoms with Crippen LogP contribution in [0.25, 0.3) is 55.6 Å². The Morgan fingerprint density at radius 1 is 0.305 bits per heavy atom. The highest BCUT2D eigenvalue weighted by atomic mass is 28.3. The molecule has 0 atom stereocenters. The second-order valence-corrected chi connectivity index (χ2v) is 20.5. The molecule has 1 nitrogen and oxygen atoms in total. The Morgan fingerprint density at radius 2 is 0.763 bits per heavy atom. The lowest BCUT2D eigenvalue weighted by atomic mass is 9.82. The number of nitrogens with zero attached hydrogens (tertiary/aromatic N) is 1. The first-order valence-electron chi connectivity index (χ1n) is 20.8. The van der Waals surface area contributed by atoms with E-state index in [0.29, 0.717) is 0 Å². The molecule has 1 aliphatic carbocycles. The van der Waals surface area contributed by atoms with Crippen LogP contribution in [0, 0.1) is 0 Å². The van der Waals surface area contributed by atoms with Crippen molar-refractivity contribution in [3.05, 3.63) is 223 Å². The topological polar surface area (TPSA) is 3.24 Å². The predicted molar refractivity (Wildman–Crippen MR) is 251 cm³/mol. The Bertz CT molecular complexity index is 3080. The van der Waals surface area contributed by atoms with Gasteiger partial charge in [0.2, 0.25) is 0 Å². The van der Waals surface area contributed by atoms with Crippen LogP contribution in [0.2, 0.25) is 0 Å². The molecule has 2 aliphatic heterocycles. The third-order valence-corrected chi connectivity index (χ3v) is 18.4. The minimum Gasteiger partial charge on any atom is -0.310 e. The monoisotopic (exact) mass is 767 g/mol. The zero-order valence-corrected chi connectivity index (χ0v) is 34.2. The largest absolute Gasteiger partial charge is 0.310 e. The smallest absolute Gasteiger partial charge is 0.182 e. The van der Waals surface area contributed by atoms with Crippen molar-refractivity contribution in [2.75, 3.05) is 4.90 Å². The molecule has 2 heterocycles. The first kappa shape index (κ1) is 34.1. The summed E-state index contributed by atoms with van der Waals surface area (Å²) in [4.78, 5) is 2.51. The summed E-state index contributed by atoms with van der Waals surface area (Å²) in [5, 5.41) is 5.95. The number of anilines is 3. The van der Waals surface area contributed by atoms with Gasteiger partial charge >= 0.3 is 0 Å². The van der Waals surface area contributed by atoms with Crippen molar-refractivity contribution in [2.24, 2.45) is 0 Å². The van der Waals surface area contributed by atoms with Crippen molar-refractivity contribution in [1.29, 1.82) is 0 Å². The summed E-state index contributed by atoms with van der Waals surface area (Å²) in [5.74, 6) is 0. The maximum Gasteiger partial charge on any atom is 0.182 e. The zero-order chi connectivity index (χ0) is 39.3. The Balaban J connectivity index is 1.08. The summed E-state index contributed by atoms with van der Waals surface area (Å²) >= 11 is 0. The maximum absolute atomic E-state index is 2.64. The molecule has 9 aromatic carbocycles. The summed E-state index contributed by atoms with van der Waals surface area (Å²) in [7, 11) is -2.64. The van der Waals surface area contributed by atoms with E-state index in [2.05, 4.69) is 231 Å². The van der Waals surface area contributed by atoms with Crippen LogP contribution >= 0.6 is 0 Å². The molecule has 3 aliphatic rings. The first-order chi connectivity index (χ1) is 29.0. The van der Waals surface area contributed by atoms with E-state index in [4.69, 9.17) is 0 Å². The van der Waals surface area contributed by atoms with Gasteiger partial charge in [-0.25, -0.2) is 0 Å². The molecule has 0 saturated carbocycles. The third kappa shape index (κ3) is 4.84. The molecule has 278 valence electrons. The average Bonchev–Trinajstić information content (AvgIpc) is 3.85. The van der Waals surface area contributed by atoms with Gasteiger partial charge in [0.25, 0.3) is 0 Å². The minimum atomic E-state index is -2.64. The summed E-state index contributed by atoms with van der Waals surface area (Å²) in [6.07, 6.45) is 0. The van der Waals surface area contributed by atoms with Gasteiger partial charge in [-0.05, 0) is 124 Å². The van der Waals surface area contributed by atoms with Crippen LogP contribution in [0.3, 0.4) is 0 Å². The van der Waals surface area contributed by atoms with Gasteiger partial charge in [0.1, 0.15) is 0 Å². The fourth-order valence-electron chi connectivity index (χ4n) is 10.8.